The molecule has 0 saturated carbocycles. The summed E-state index contributed by atoms with van der Waals surface area (Å²) >= 11 is 0. The van der Waals surface area contributed by atoms with Gasteiger partial charge in [-0.2, -0.15) is 5.10 Å². The highest BCUT2D eigenvalue weighted by Gasteiger charge is 2.30. The van der Waals surface area contributed by atoms with Gasteiger partial charge >= 0.3 is 0 Å². The molecule has 21 heavy (non-hydrogen) atoms. The summed E-state index contributed by atoms with van der Waals surface area (Å²) < 4.78 is 0. The van der Waals surface area contributed by atoms with Crippen LogP contribution in [-0.2, 0) is 10.2 Å². The number of nitrogen functional groups attached to an aromatic ring is 1. The third-order valence-corrected chi connectivity index (χ3v) is 3.66. The van der Waals surface area contributed by atoms with Crippen LogP contribution in [0.4, 0.5) is 11.5 Å². The Labute approximate surface area is 124 Å². The number of carbonyl (C=O) groups is 1. The van der Waals surface area contributed by atoms with Gasteiger partial charge in [0, 0.05) is 17.4 Å². The average molecular weight is 286 g/mol. The Balaban J connectivity index is 2.15. The van der Waals surface area contributed by atoms with Crippen LogP contribution in [0.5, 0.6) is 0 Å². The summed E-state index contributed by atoms with van der Waals surface area (Å²) in [6.07, 6.45) is 0. The van der Waals surface area contributed by atoms with E-state index >= 15 is 0 Å². The number of nitrogens with two attached hydrogens (primary N) is 1. The summed E-state index contributed by atoms with van der Waals surface area (Å²) in [5, 5.41) is 9.91. The molecule has 0 radical (unpaired) electrons. The molecule has 2 aromatic rings. The van der Waals surface area contributed by atoms with Crippen LogP contribution in [0.2, 0.25) is 0 Å². The minimum atomic E-state index is -0.662. The monoisotopic (exact) mass is 286 g/mol. The molecule has 0 aliphatic heterocycles. The van der Waals surface area contributed by atoms with Crippen LogP contribution in [0.1, 0.15) is 44.9 Å². The zero-order chi connectivity index (χ0) is 15.6. The highest BCUT2D eigenvalue weighted by atomic mass is 16.2. The molecule has 0 saturated heterocycles. The second-order valence-electron chi connectivity index (χ2n) is 6.06. The third kappa shape index (κ3) is 3.24. The molecule has 4 N–H and O–H groups in total. The number of nitrogens with zero attached hydrogens (tertiary/aromatic N) is 1. The van der Waals surface area contributed by atoms with Crippen LogP contribution < -0.4 is 11.1 Å². The number of rotatable bonds is 4. The van der Waals surface area contributed by atoms with E-state index in [2.05, 4.69) is 29.4 Å². The molecular weight excluding hydrogens is 264 g/mol. The third-order valence-electron chi connectivity index (χ3n) is 3.66. The summed E-state index contributed by atoms with van der Waals surface area (Å²) in [5.41, 5.74) is 7.61. The first kappa shape index (κ1) is 15.1. The van der Waals surface area contributed by atoms with Crippen molar-refractivity contribution in [3.05, 3.63) is 41.6 Å². The van der Waals surface area contributed by atoms with Gasteiger partial charge in [0.1, 0.15) is 0 Å². The molecule has 5 nitrogen and oxygen atoms in total. The van der Waals surface area contributed by atoms with Crippen LogP contribution in [-0.4, -0.2) is 16.1 Å². The van der Waals surface area contributed by atoms with E-state index in [1.54, 1.807) is 12.1 Å². The van der Waals surface area contributed by atoms with Crippen molar-refractivity contribution < 1.29 is 4.79 Å². The first-order valence-electron chi connectivity index (χ1n) is 7.03. The molecule has 0 aliphatic rings. The number of amides is 1. The van der Waals surface area contributed by atoms with Crippen molar-refractivity contribution in [2.24, 2.45) is 0 Å². The Morgan fingerprint density at radius 1 is 1.29 bits per heavy atom. The molecule has 1 amide bonds. The maximum absolute atomic E-state index is 12.5. The molecule has 2 rings (SSSR count). The summed E-state index contributed by atoms with van der Waals surface area (Å²) in [6, 6.07) is 9.21. The van der Waals surface area contributed by atoms with Crippen molar-refractivity contribution in [3.8, 4) is 0 Å². The first-order chi connectivity index (χ1) is 9.80. The number of anilines is 2. The Kier molecular flexibility index (Phi) is 4.02. The highest BCUT2D eigenvalue weighted by Crippen LogP contribution is 2.26. The SMILES string of the molecule is CC(C)c1cc(NC(=O)C(C)(C)c2ccc(N)cc2)n[nH]1. The molecule has 0 bridgehead atoms. The second kappa shape index (κ2) is 5.60. The van der Waals surface area contributed by atoms with E-state index in [0.717, 1.165) is 11.3 Å². The molecule has 0 unspecified atom stereocenters. The van der Waals surface area contributed by atoms with E-state index in [0.29, 0.717) is 17.4 Å². The maximum atomic E-state index is 12.5. The standard InChI is InChI=1S/C16H22N4O/c1-10(2)13-9-14(20-19-13)18-15(21)16(3,4)11-5-7-12(17)8-6-11/h5-10H,17H2,1-4H3,(H2,18,19,20,21). The van der Waals surface area contributed by atoms with E-state index in [4.69, 9.17) is 5.73 Å². The number of carbonyl (C=O) groups excluding carboxylic acids is 1. The average Bonchev–Trinajstić information content (AvgIpc) is 2.88. The van der Waals surface area contributed by atoms with Crippen molar-refractivity contribution in [3.63, 3.8) is 0 Å². The van der Waals surface area contributed by atoms with E-state index in [9.17, 15) is 4.79 Å². The lowest BCUT2D eigenvalue weighted by molar-refractivity contribution is -0.120. The Morgan fingerprint density at radius 2 is 1.90 bits per heavy atom. The van der Waals surface area contributed by atoms with Gasteiger partial charge in [-0.25, -0.2) is 0 Å². The van der Waals surface area contributed by atoms with E-state index < -0.39 is 5.41 Å². The van der Waals surface area contributed by atoms with Gasteiger partial charge in [-0.3, -0.25) is 9.89 Å². The molecule has 0 aliphatic carbocycles. The second-order valence-corrected chi connectivity index (χ2v) is 6.06. The first-order valence-corrected chi connectivity index (χ1v) is 7.03. The minimum absolute atomic E-state index is 0.103. The summed E-state index contributed by atoms with van der Waals surface area (Å²) in [4.78, 5) is 12.5. The fourth-order valence-corrected chi connectivity index (χ4v) is 2.00. The summed E-state index contributed by atoms with van der Waals surface area (Å²) in [5.74, 6) is 0.787. The fourth-order valence-electron chi connectivity index (χ4n) is 2.00. The number of hydrogen-bond acceptors (Lipinski definition) is 3. The van der Waals surface area contributed by atoms with Gasteiger partial charge in [0.25, 0.3) is 0 Å². The van der Waals surface area contributed by atoms with Crippen molar-refractivity contribution in [1.29, 1.82) is 0 Å². The molecule has 1 heterocycles. The minimum Gasteiger partial charge on any atom is -0.399 e. The highest BCUT2D eigenvalue weighted by molar-refractivity contribution is 5.98. The Morgan fingerprint density at radius 3 is 2.43 bits per heavy atom. The molecule has 5 heteroatoms. The fraction of sp³-hybridized carbons (Fsp3) is 0.375. The zero-order valence-corrected chi connectivity index (χ0v) is 12.9. The molecule has 1 aromatic heterocycles. The van der Waals surface area contributed by atoms with E-state index in [-0.39, 0.29) is 5.91 Å². The van der Waals surface area contributed by atoms with E-state index in [1.807, 2.05) is 32.0 Å². The predicted octanol–water partition coefficient (Wildman–Crippen LogP) is 3.03. The number of benzene rings is 1. The Hall–Kier alpha value is -2.30. The van der Waals surface area contributed by atoms with Crippen molar-refractivity contribution in [2.45, 2.75) is 39.0 Å². The van der Waals surface area contributed by atoms with Gasteiger partial charge in [0.05, 0.1) is 5.41 Å². The van der Waals surface area contributed by atoms with Crippen LogP contribution in [0.25, 0.3) is 0 Å². The normalized spacial score (nSPS) is 11.7. The number of hydrogen-bond donors (Lipinski definition) is 3. The van der Waals surface area contributed by atoms with Crippen molar-refractivity contribution >= 4 is 17.4 Å². The number of H-pyrrole nitrogens is 1. The molecule has 1 aromatic carbocycles. The van der Waals surface area contributed by atoms with Crippen LogP contribution in [0.15, 0.2) is 30.3 Å². The number of aromatic amines is 1. The van der Waals surface area contributed by atoms with Crippen LogP contribution in [0, 0.1) is 0 Å². The Bertz CT molecular complexity index is 626. The van der Waals surface area contributed by atoms with Crippen molar-refractivity contribution in [2.75, 3.05) is 11.1 Å². The lowest BCUT2D eigenvalue weighted by Gasteiger charge is -2.23. The van der Waals surface area contributed by atoms with Gasteiger partial charge in [-0.1, -0.05) is 26.0 Å². The topological polar surface area (TPSA) is 83.8 Å². The molecule has 0 spiro atoms. The molecule has 0 atom stereocenters. The van der Waals surface area contributed by atoms with Gasteiger partial charge in [0.15, 0.2) is 5.82 Å². The predicted molar refractivity (Wildman–Crippen MR) is 85.2 cm³/mol. The van der Waals surface area contributed by atoms with Gasteiger partial charge in [-0.05, 0) is 37.5 Å². The summed E-state index contributed by atoms with van der Waals surface area (Å²) in [7, 11) is 0. The van der Waals surface area contributed by atoms with Crippen molar-refractivity contribution in [1.82, 2.24) is 10.2 Å². The largest absolute Gasteiger partial charge is 0.399 e. The molecule has 112 valence electrons. The lowest BCUT2D eigenvalue weighted by atomic mass is 9.83. The number of aromatic nitrogens is 2. The van der Waals surface area contributed by atoms with Gasteiger partial charge < -0.3 is 11.1 Å². The smallest absolute Gasteiger partial charge is 0.235 e. The molecular formula is C16H22N4O. The molecule has 0 fully saturated rings. The van der Waals surface area contributed by atoms with Gasteiger partial charge in [-0.15, -0.1) is 0 Å². The van der Waals surface area contributed by atoms with Gasteiger partial charge in [0.2, 0.25) is 5.91 Å². The quantitative estimate of drug-likeness (QED) is 0.755. The number of nitrogens with one attached hydrogen (secondary N) is 2. The van der Waals surface area contributed by atoms with E-state index in [1.165, 1.54) is 0 Å². The van der Waals surface area contributed by atoms with Crippen LogP contribution in [0.3, 0.4) is 0 Å². The van der Waals surface area contributed by atoms with Crippen LogP contribution >= 0.6 is 0 Å². The summed E-state index contributed by atoms with van der Waals surface area (Å²) in [6.45, 7) is 7.89. The maximum Gasteiger partial charge on any atom is 0.235 e. The lowest BCUT2D eigenvalue weighted by Crippen LogP contribution is -2.34. The zero-order valence-electron chi connectivity index (χ0n) is 12.9.